The van der Waals surface area contributed by atoms with Gasteiger partial charge in [-0.05, 0) is 25.0 Å². The van der Waals surface area contributed by atoms with Crippen LogP contribution in [0.3, 0.4) is 0 Å². The molecule has 0 bridgehead atoms. The molecule has 0 atom stereocenters. The van der Waals surface area contributed by atoms with E-state index in [0.717, 1.165) is 23.3 Å². The zero-order chi connectivity index (χ0) is 10.8. The largest absolute Gasteiger partial charge is 0.461 e. The quantitative estimate of drug-likeness (QED) is 0.783. The molecular formula is C12H15NO2. The van der Waals surface area contributed by atoms with Crippen molar-refractivity contribution in [3.8, 4) is 0 Å². The van der Waals surface area contributed by atoms with Gasteiger partial charge in [-0.3, -0.25) is 0 Å². The van der Waals surface area contributed by atoms with E-state index in [1.165, 1.54) is 10.9 Å². The number of rotatable bonds is 3. The van der Waals surface area contributed by atoms with E-state index in [4.69, 9.17) is 10.3 Å². The third-order valence-electron chi connectivity index (χ3n) is 2.77. The van der Waals surface area contributed by atoms with Gasteiger partial charge in [-0.2, -0.15) is 0 Å². The Kier molecular flexibility index (Phi) is 2.75. The molecule has 1 aromatic carbocycles. The van der Waals surface area contributed by atoms with Crippen molar-refractivity contribution in [2.24, 2.45) is 5.90 Å². The van der Waals surface area contributed by atoms with Gasteiger partial charge in [0.15, 0.2) is 0 Å². The van der Waals surface area contributed by atoms with Crippen molar-refractivity contribution >= 4 is 11.0 Å². The van der Waals surface area contributed by atoms with E-state index in [0.29, 0.717) is 6.61 Å². The summed E-state index contributed by atoms with van der Waals surface area (Å²) in [5.74, 6) is 6.00. The van der Waals surface area contributed by atoms with Gasteiger partial charge in [0.1, 0.15) is 11.3 Å². The van der Waals surface area contributed by atoms with Crippen LogP contribution >= 0.6 is 0 Å². The summed E-state index contributed by atoms with van der Waals surface area (Å²) in [5, 5.41) is 1.18. The molecular weight excluding hydrogens is 190 g/mol. The molecule has 1 heterocycles. The Bertz CT molecular complexity index is 474. The van der Waals surface area contributed by atoms with Crippen molar-refractivity contribution < 1.29 is 9.25 Å². The van der Waals surface area contributed by atoms with E-state index >= 15 is 0 Å². The first-order valence-corrected chi connectivity index (χ1v) is 5.03. The van der Waals surface area contributed by atoms with Crippen LogP contribution in [-0.4, -0.2) is 6.61 Å². The SMILES string of the molecule is Cc1oc2c(CCON)cccc2c1C. The number of furan rings is 1. The highest BCUT2D eigenvalue weighted by Crippen LogP contribution is 2.27. The lowest BCUT2D eigenvalue weighted by Gasteiger charge is -2.00. The lowest BCUT2D eigenvalue weighted by atomic mass is 10.1. The van der Waals surface area contributed by atoms with Gasteiger partial charge in [-0.1, -0.05) is 18.2 Å². The van der Waals surface area contributed by atoms with Crippen molar-refractivity contribution in [2.45, 2.75) is 20.3 Å². The second kappa shape index (κ2) is 4.04. The predicted octanol–water partition coefficient (Wildman–Crippen LogP) is 2.48. The van der Waals surface area contributed by atoms with E-state index in [-0.39, 0.29) is 0 Å². The van der Waals surface area contributed by atoms with E-state index in [2.05, 4.69) is 17.8 Å². The fourth-order valence-corrected chi connectivity index (χ4v) is 1.79. The Morgan fingerprint density at radius 1 is 1.33 bits per heavy atom. The molecule has 2 rings (SSSR count). The third kappa shape index (κ3) is 1.76. The number of hydrogen-bond donors (Lipinski definition) is 1. The second-order valence-electron chi connectivity index (χ2n) is 3.70. The minimum Gasteiger partial charge on any atom is -0.461 e. The van der Waals surface area contributed by atoms with Crippen LogP contribution in [0.1, 0.15) is 16.9 Å². The van der Waals surface area contributed by atoms with Crippen LogP contribution in [0, 0.1) is 13.8 Å². The molecule has 0 aliphatic rings. The van der Waals surface area contributed by atoms with Gasteiger partial charge in [0.25, 0.3) is 0 Å². The average Bonchev–Trinajstić information content (AvgIpc) is 2.53. The Labute approximate surface area is 88.8 Å². The standard InChI is InChI=1S/C12H15NO2/c1-8-9(2)15-12-10(6-7-14-13)4-3-5-11(8)12/h3-5H,6-7,13H2,1-2H3. The Hall–Kier alpha value is -1.32. The van der Waals surface area contributed by atoms with Crippen LogP contribution in [0.5, 0.6) is 0 Å². The normalized spacial score (nSPS) is 11.1. The maximum atomic E-state index is 5.73. The maximum absolute atomic E-state index is 5.73. The molecule has 3 nitrogen and oxygen atoms in total. The minimum atomic E-state index is 0.512. The first kappa shape index (κ1) is 10.2. The highest BCUT2D eigenvalue weighted by molar-refractivity contribution is 5.84. The highest BCUT2D eigenvalue weighted by Gasteiger charge is 2.09. The summed E-state index contributed by atoms with van der Waals surface area (Å²) in [7, 11) is 0. The van der Waals surface area contributed by atoms with Gasteiger partial charge in [0, 0.05) is 11.8 Å². The van der Waals surface area contributed by atoms with Crippen molar-refractivity contribution in [1.82, 2.24) is 0 Å². The van der Waals surface area contributed by atoms with Gasteiger partial charge >= 0.3 is 0 Å². The molecule has 15 heavy (non-hydrogen) atoms. The van der Waals surface area contributed by atoms with E-state index in [1.807, 2.05) is 19.1 Å². The summed E-state index contributed by atoms with van der Waals surface area (Å²) in [6.07, 6.45) is 0.778. The molecule has 0 saturated heterocycles. The zero-order valence-electron chi connectivity index (χ0n) is 9.04. The Balaban J connectivity index is 2.51. The molecule has 0 aliphatic heterocycles. The molecule has 0 amide bonds. The van der Waals surface area contributed by atoms with Gasteiger partial charge in [0.05, 0.1) is 6.61 Å². The monoisotopic (exact) mass is 205 g/mol. The van der Waals surface area contributed by atoms with Crippen LogP contribution in [0.25, 0.3) is 11.0 Å². The lowest BCUT2D eigenvalue weighted by molar-refractivity contribution is 0.141. The summed E-state index contributed by atoms with van der Waals surface area (Å²) in [6.45, 7) is 4.57. The minimum absolute atomic E-state index is 0.512. The molecule has 0 aliphatic carbocycles. The molecule has 2 N–H and O–H groups in total. The second-order valence-corrected chi connectivity index (χ2v) is 3.70. The smallest absolute Gasteiger partial charge is 0.137 e. The number of nitrogens with two attached hydrogens (primary N) is 1. The summed E-state index contributed by atoms with van der Waals surface area (Å²) in [4.78, 5) is 4.59. The molecule has 0 unspecified atom stereocenters. The average molecular weight is 205 g/mol. The van der Waals surface area contributed by atoms with E-state index in [9.17, 15) is 0 Å². The van der Waals surface area contributed by atoms with Gasteiger partial charge in [-0.15, -0.1) is 0 Å². The van der Waals surface area contributed by atoms with Crippen molar-refractivity contribution in [1.29, 1.82) is 0 Å². The topological polar surface area (TPSA) is 48.4 Å². The Morgan fingerprint density at radius 3 is 2.87 bits per heavy atom. The fraction of sp³-hybridized carbons (Fsp3) is 0.333. The molecule has 0 fully saturated rings. The fourth-order valence-electron chi connectivity index (χ4n) is 1.79. The molecule has 2 aromatic rings. The molecule has 3 heteroatoms. The van der Waals surface area contributed by atoms with Gasteiger partial charge < -0.3 is 9.25 Å². The number of fused-ring (bicyclic) bond motifs is 1. The van der Waals surface area contributed by atoms with Crippen LogP contribution in [0.2, 0.25) is 0 Å². The van der Waals surface area contributed by atoms with Crippen LogP contribution in [-0.2, 0) is 11.3 Å². The summed E-state index contributed by atoms with van der Waals surface area (Å²) >= 11 is 0. The number of aryl methyl sites for hydroxylation is 2. The van der Waals surface area contributed by atoms with Gasteiger partial charge in [0.2, 0.25) is 0 Å². The first-order chi connectivity index (χ1) is 7.24. The maximum Gasteiger partial charge on any atom is 0.137 e. The Morgan fingerprint density at radius 2 is 2.13 bits per heavy atom. The van der Waals surface area contributed by atoms with E-state index in [1.54, 1.807) is 0 Å². The van der Waals surface area contributed by atoms with Gasteiger partial charge in [-0.25, -0.2) is 5.90 Å². The predicted molar refractivity (Wildman–Crippen MR) is 59.5 cm³/mol. The van der Waals surface area contributed by atoms with Crippen molar-refractivity contribution in [3.05, 3.63) is 35.1 Å². The van der Waals surface area contributed by atoms with Crippen LogP contribution in [0.4, 0.5) is 0 Å². The lowest BCUT2D eigenvalue weighted by Crippen LogP contribution is -2.03. The van der Waals surface area contributed by atoms with Crippen molar-refractivity contribution in [3.63, 3.8) is 0 Å². The summed E-state index contributed by atoms with van der Waals surface area (Å²) < 4.78 is 5.73. The molecule has 0 saturated carbocycles. The van der Waals surface area contributed by atoms with Crippen LogP contribution in [0.15, 0.2) is 22.6 Å². The third-order valence-corrected chi connectivity index (χ3v) is 2.77. The number of hydrogen-bond acceptors (Lipinski definition) is 3. The van der Waals surface area contributed by atoms with Crippen LogP contribution < -0.4 is 5.90 Å². The molecule has 1 aromatic heterocycles. The molecule has 80 valence electrons. The first-order valence-electron chi connectivity index (χ1n) is 5.03. The molecule has 0 spiro atoms. The van der Waals surface area contributed by atoms with E-state index < -0.39 is 0 Å². The van der Waals surface area contributed by atoms with Crippen molar-refractivity contribution in [2.75, 3.05) is 6.61 Å². The summed E-state index contributed by atoms with van der Waals surface area (Å²) in [6, 6.07) is 6.16. The number of para-hydroxylation sites is 1. The number of benzene rings is 1. The highest BCUT2D eigenvalue weighted by atomic mass is 16.6. The molecule has 0 radical (unpaired) electrons. The zero-order valence-corrected chi connectivity index (χ0v) is 9.04. The summed E-state index contributed by atoms with van der Waals surface area (Å²) in [5.41, 5.74) is 3.32.